The number of aromatic nitrogens is 1. The summed E-state index contributed by atoms with van der Waals surface area (Å²) in [5.74, 6) is 1.27. The lowest BCUT2D eigenvalue weighted by Gasteiger charge is -2.11. The molecule has 1 N–H and O–H groups in total. The van der Waals surface area contributed by atoms with Crippen LogP contribution in [0.5, 0.6) is 11.5 Å². The van der Waals surface area contributed by atoms with Crippen LogP contribution < -0.4 is 10.1 Å². The van der Waals surface area contributed by atoms with Crippen molar-refractivity contribution in [1.29, 1.82) is 15.8 Å². The molecule has 24 heavy (non-hydrogen) atoms. The van der Waals surface area contributed by atoms with E-state index in [0.29, 0.717) is 17.2 Å². The third-order valence-electron chi connectivity index (χ3n) is 3.14. The molecule has 6 nitrogen and oxygen atoms in total. The van der Waals surface area contributed by atoms with Crippen LogP contribution in [0.4, 0.5) is 5.69 Å². The maximum atomic E-state index is 9.06. The van der Waals surface area contributed by atoms with Crippen LogP contribution in [0, 0.1) is 47.8 Å². The highest BCUT2D eigenvalue weighted by atomic mass is 16.5. The topological polar surface area (TPSA) is 106 Å². The summed E-state index contributed by atoms with van der Waals surface area (Å²) < 4.78 is 5.77. The summed E-state index contributed by atoms with van der Waals surface area (Å²) in [5, 5.41) is 29.5. The van der Waals surface area contributed by atoms with E-state index in [1.54, 1.807) is 36.5 Å². The van der Waals surface area contributed by atoms with Crippen LogP contribution in [-0.4, -0.2) is 4.98 Å². The zero-order valence-electron chi connectivity index (χ0n) is 13.2. The minimum absolute atomic E-state index is 0.0872. The van der Waals surface area contributed by atoms with E-state index in [1.807, 2.05) is 32.0 Å². The van der Waals surface area contributed by atoms with Crippen LogP contribution in [0.3, 0.4) is 0 Å². The van der Waals surface area contributed by atoms with Gasteiger partial charge in [0.1, 0.15) is 35.4 Å². The Hall–Kier alpha value is -3.82. The van der Waals surface area contributed by atoms with Gasteiger partial charge in [-0.05, 0) is 49.7 Å². The lowest BCUT2D eigenvalue weighted by atomic mass is 10.2. The highest BCUT2D eigenvalue weighted by Gasteiger charge is 2.08. The summed E-state index contributed by atoms with van der Waals surface area (Å²) >= 11 is 0. The number of nitrogens with one attached hydrogen (secondary N) is 1. The molecule has 0 bridgehead atoms. The number of benzene rings is 1. The number of anilines is 1. The minimum Gasteiger partial charge on any atom is -0.455 e. The van der Waals surface area contributed by atoms with E-state index in [-0.39, 0.29) is 11.3 Å². The number of nitriles is 3. The lowest BCUT2D eigenvalue weighted by molar-refractivity contribution is 0.476. The SMILES string of the molecule is Cc1ccc(Oc2ccc(NC(C#N)=C(C#N)C#N)cc2C)cn1. The molecule has 0 saturated carbocycles. The molecule has 2 rings (SSSR count). The van der Waals surface area contributed by atoms with Crippen molar-refractivity contribution in [3.05, 3.63) is 59.1 Å². The summed E-state index contributed by atoms with van der Waals surface area (Å²) in [4.78, 5) is 4.17. The molecule has 0 radical (unpaired) electrons. The fraction of sp³-hybridized carbons (Fsp3) is 0.111. The van der Waals surface area contributed by atoms with Crippen molar-refractivity contribution in [3.63, 3.8) is 0 Å². The van der Waals surface area contributed by atoms with Crippen molar-refractivity contribution in [1.82, 2.24) is 4.98 Å². The average molecular weight is 315 g/mol. The molecule has 0 saturated heterocycles. The van der Waals surface area contributed by atoms with E-state index in [2.05, 4.69) is 10.3 Å². The highest BCUT2D eigenvalue weighted by molar-refractivity contribution is 5.60. The van der Waals surface area contributed by atoms with E-state index >= 15 is 0 Å². The quantitative estimate of drug-likeness (QED) is 0.862. The number of aryl methyl sites for hydroxylation is 2. The Kier molecular flexibility index (Phi) is 5.13. The Labute approximate surface area is 139 Å². The molecular formula is C18H13N5O. The number of pyridine rings is 1. The smallest absolute Gasteiger partial charge is 0.163 e. The number of nitrogens with zero attached hydrogens (tertiary/aromatic N) is 4. The molecule has 0 unspecified atom stereocenters. The molecule has 2 aromatic rings. The molecule has 0 aliphatic rings. The van der Waals surface area contributed by atoms with Gasteiger partial charge in [0.25, 0.3) is 0 Å². The van der Waals surface area contributed by atoms with Gasteiger partial charge in [0.15, 0.2) is 5.57 Å². The maximum Gasteiger partial charge on any atom is 0.163 e. The third kappa shape index (κ3) is 3.88. The van der Waals surface area contributed by atoms with Gasteiger partial charge in [-0.1, -0.05) is 0 Å². The summed E-state index contributed by atoms with van der Waals surface area (Å²) in [6.07, 6.45) is 1.64. The standard InChI is InChI=1S/C18H13N5O/c1-12-7-15(23-17(10-21)14(8-19)9-20)4-6-18(12)24-16-5-3-13(2)22-11-16/h3-7,11,23H,1-2H3. The molecule has 1 heterocycles. The number of ether oxygens (including phenoxy) is 1. The van der Waals surface area contributed by atoms with E-state index in [0.717, 1.165) is 11.3 Å². The fourth-order valence-corrected chi connectivity index (χ4v) is 1.91. The number of allylic oxidation sites excluding steroid dienone is 2. The molecule has 0 fully saturated rings. The molecule has 1 aromatic carbocycles. The summed E-state index contributed by atoms with van der Waals surface area (Å²) in [5.41, 5.74) is 1.96. The zero-order chi connectivity index (χ0) is 17.5. The second-order valence-corrected chi connectivity index (χ2v) is 4.93. The molecule has 0 aliphatic heterocycles. The first kappa shape index (κ1) is 16.5. The lowest BCUT2D eigenvalue weighted by Crippen LogP contribution is -2.01. The Balaban J connectivity index is 2.23. The maximum absolute atomic E-state index is 9.06. The van der Waals surface area contributed by atoms with Crippen LogP contribution in [0.2, 0.25) is 0 Å². The molecule has 1 aromatic heterocycles. The van der Waals surface area contributed by atoms with Crippen LogP contribution >= 0.6 is 0 Å². The molecule has 6 heteroatoms. The first-order valence-electron chi connectivity index (χ1n) is 7.00. The molecule has 116 valence electrons. The van der Waals surface area contributed by atoms with Gasteiger partial charge in [0.2, 0.25) is 0 Å². The number of rotatable bonds is 4. The van der Waals surface area contributed by atoms with Gasteiger partial charge in [-0.3, -0.25) is 4.98 Å². The van der Waals surface area contributed by atoms with Crippen molar-refractivity contribution in [2.75, 3.05) is 5.32 Å². The number of hydrogen-bond acceptors (Lipinski definition) is 6. The zero-order valence-corrected chi connectivity index (χ0v) is 13.2. The molecule has 0 atom stereocenters. The van der Waals surface area contributed by atoms with Crippen LogP contribution in [0.15, 0.2) is 47.8 Å². The second-order valence-electron chi connectivity index (χ2n) is 4.93. The predicted molar refractivity (Wildman–Crippen MR) is 87.7 cm³/mol. The van der Waals surface area contributed by atoms with E-state index in [4.69, 9.17) is 20.5 Å². The van der Waals surface area contributed by atoms with Gasteiger partial charge in [-0.15, -0.1) is 0 Å². The number of hydrogen-bond donors (Lipinski definition) is 1. The Morgan fingerprint density at radius 1 is 1.04 bits per heavy atom. The van der Waals surface area contributed by atoms with E-state index < -0.39 is 0 Å². The first-order chi connectivity index (χ1) is 11.6. The van der Waals surface area contributed by atoms with Gasteiger partial charge in [0, 0.05) is 11.4 Å². The van der Waals surface area contributed by atoms with Gasteiger partial charge in [0.05, 0.1) is 6.20 Å². The summed E-state index contributed by atoms with van der Waals surface area (Å²) in [6.45, 7) is 3.75. The normalized spacial score (nSPS) is 9.12. The average Bonchev–Trinajstić information content (AvgIpc) is 2.59. The molecule has 0 spiro atoms. The highest BCUT2D eigenvalue weighted by Crippen LogP contribution is 2.27. The summed E-state index contributed by atoms with van der Waals surface area (Å²) in [6, 6.07) is 14.1. The monoisotopic (exact) mass is 315 g/mol. The Bertz CT molecular complexity index is 892. The van der Waals surface area contributed by atoms with Gasteiger partial charge < -0.3 is 10.1 Å². The van der Waals surface area contributed by atoms with Crippen LogP contribution in [-0.2, 0) is 0 Å². The van der Waals surface area contributed by atoms with Crippen molar-refractivity contribution >= 4 is 5.69 Å². The molecule has 0 amide bonds. The van der Waals surface area contributed by atoms with Gasteiger partial charge in [-0.25, -0.2) is 0 Å². The molecular weight excluding hydrogens is 302 g/mol. The Morgan fingerprint density at radius 2 is 1.79 bits per heavy atom. The predicted octanol–water partition coefficient (Wildman–Crippen LogP) is 3.73. The van der Waals surface area contributed by atoms with E-state index in [9.17, 15) is 0 Å². The third-order valence-corrected chi connectivity index (χ3v) is 3.14. The van der Waals surface area contributed by atoms with Gasteiger partial charge >= 0.3 is 0 Å². The largest absolute Gasteiger partial charge is 0.455 e. The second kappa shape index (κ2) is 7.45. The van der Waals surface area contributed by atoms with Crippen LogP contribution in [0.25, 0.3) is 0 Å². The summed E-state index contributed by atoms with van der Waals surface area (Å²) in [7, 11) is 0. The van der Waals surface area contributed by atoms with Gasteiger partial charge in [-0.2, -0.15) is 15.8 Å². The van der Waals surface area contributed by atoms with Crippen molar-refractivity contribution in [3.8, 4) is 29.7 Å². The van der Waals surface area contributed by atoms with E-state index in [1.165, 1.54) is 0 Å². The molecule has 0 aliphatic carbocycles. The van der Waals surface area contributed by atoms with Crippen molar-refractivity contribution in [2.45, 2.75) is 13.8 Å². The minimum atomic E-state index is -0.263. The van der Waals surface area contributed by atoms with Crippen molar-refractivity contribution in [2.24, 2.45) is 0 Å². The fourth-order valence-electron chi connectivity index (χ4n) is 1.91. The van der Waals surface area contributed by atoms with Crippen LogP contribution in [0.1, 0.15) is 11.3 Å². The van der Waals surface area contributed by atoms with Crippen molar-refractivity contribution < 1.29 is 4.74 Å². The first-order valence-corrected chi connectivity index (χ1v) is 7.00. The Morgan fingerprint density at radius 3 is 2.33 bits per heavy atom.